The highest BCUT2D eigenvalue weighted by Gasteiger charge is 2.45. The van der Waals surface area contributed by atoms with Crippen LogP contribution in [0.2, 0.25) is 18.1 Å². The van der Waals surface area contributed by atoms with Crippen LogP contribution in [0.5, 0.6) is 0 Å². The first-order valence-corrected chi connectivity index (χ1v) is 17.9. The second-order valence-electron chi connectivity index (χ2n) is 13.5. The van der Waals surface area contributed by atoms with Crippen LogP contribution in [0.1, 0.15) is 84.5 Å². The summed E-state index contributed by atoms with van der Waals surface area (Å²) in [5.41, 5.74) is 0.455. The lowest BCUT2D eigenvalue weighted by Gasteiger charge is -2.45. The molecule has 1 aliphatic rings. The number of benzene rings is 1. The third-order valence-electron chi connectivity index (χ3n) is 9.22. The van der Waals surface area contributed by atoms with Crippen molar-refractivity contribution in [3.8, 4) is 0 Å². The van der Waals surface area contributed by atoms with Gasteiger partial charge in [-0.25, -0.2) is 4.79 Å². The first kappa shape index (κ1) is 34.9. The Kier molecular flexibility index (Phi) is 13.3. The Morgan fingerprint density at radius 1 is 1.07 bits per heavy atom. The van der Waals surface area contributed by atoms with E-state index in [1.807, 2.05) is 13.0 Å². The van der Waals surface area contributed by atoms with Crippen molar-refractivity contribution < 1.29 is 33.6 Å². The van der Waals surface area contributed by atoms with Crippen molar-refractivity contribution in [1.82, 2.24) is 0 Å². The molecule has 1 saturated heterocycles. The van der Waals surface area contributed by atoms with E-state index >= 15 is 0 Å². The average molecular weight is 581 g/mol. The number of methoxy groups -OCH3 is 1. The number of esters is 1. The van der Waals surface area contributed by atoms with Gasteiger partial charge in [-0.15, -0.1) is 0 Å². The van der Waals surface area contributed by atoms with E-state index in [0.29, 0.717) is 5.56 Å². The van der Waals surface area contributed by atoms with Gasteiger partial charge in [-0.1, -0.05) is 59.7 Å². The Morgan fingerprint density at radius 3 is 2.25 bits per heavy atom. The molecule has 1 aromatic rings. The molecule has 0 unspecified atom stereocenters. The number of aliphatic hydroxyl groups excluding tert-OH is 2. The van der Waals surface area contributed by atoms with Gasteiger partial charge in [0.25, 0.3) is 0 Å². The molecule has 7 nitrogen and oxygen atoms in total. The van der Waals surface area contributed by atoms with E-state index in [2.05, 4.69) is 54.6 Å². The van der Waals surface area contributed by atoms with Gasteiger partial charge in [0.1, 0.15) is 6.10 Å². The maximum Gasteiger partial charge on any atom is 0.338 e. The zero-order chi connectivity index (χ0) is 30.3. The van der Waals surface area contributed by atoms with Crippen LogP contribution in [0.4, 0.5) is 0 Å². The van der Waals surface area contributed by atoms with Crippen LogP contribution in [0.15, 0.2) is 30.3 Å². The Morgan fingerprint density at radius 2 is 1.70 bits per heavy atom. The van der Waals surface area contributed by atoms with E-state index in [1.165, 1.54) is 0 Å². The summed E-state index contributed by atoms with van der Waals surface area (Å²) in [6.07, 6.45) is 2.17. The highest BCUT2D eigenvalue weighted by atomic mass is 28.4. The van der Waals surface area contributed by atoms with E-state index in [1.54, 1.807) is 31.4 Å². The minimum atomic E-state index is -2.21. The number of hydrogen-bond acceptors (Lipinski definition) is 7. The molecule has 2 rings (SSSR count). The molecular formula is C32H56O7Si. The fourth-order valence-corrected chi connectivity index (χ4v) is 6.96. The van der Waals surface area contributed by atoms with Gasteiger partial charge in [0.15, 0.2) is 8.32 Å². The Labute approximate surface area is 244 Å². The quantitative estimate of drug-likeness (QED) is 0.199. The van der Waals surface area contributed by atoms with Crippen LogP contribution < -0.4 is 0 Å². The molecule has 230 valence electrons. The molecule has 1 heterocycles. The van der Waals surface area contributed by atoms with Crippen molar-refractivity contribution >= 4 is 14.3 Å². The standard InChI is InChI=1S/C32H56O7Si/c1-21(16-17-26-19-27(36-8)18-22(2)37-26)29(39-40(9,10)32(5,6)7)24(4)30(23(3)28(34)20-33)38-31(35)25-14-12-11-13-15-25/h11-15,21-24,26-30,33-34H,16-20H2,1-10H3/t21-,22-,23-,24-,26-,27+,28+,29-,30-/m0/s1. The summed E-state index contributed by atoms with van der Waals surface area (Å²) in [5.74, 6) is -1.02. The molecule has 1 aromatic carbocycles. The smallest absolute Gasteiger partial charge is 0.338 e. The van der Waals surface area contributed by atoms with E-state index in [-0.39, 0.29) is 41.3 Å². The normalized spacial score (nSPS) is 24.9. The zero-order valence-corrected chi connectivity index (χ0v) is 27.6. The van der Waals surface area contributed by atoms with E-state index in [9.17, 15) is 15.0 Å². The van der Waals surface area contributed by atoms with Gasteiger partial charge in [0.2, 0.25) is 0 Å². The highest BCUT2D eigenvalue weighted by molar-refractivity contribution is 6.74. The molecule has 0 radical (unpaired) electrons. The zero-order valence-electron chi connectivity index (χ0n) is 26.6. The largest absolute Gasteiger partial charge is 0.458 e. The number of hydrogen-bond donors (Lipinski definition) is 2. The Hall–Kier alpha value is -1.29. The molecule has 1 aliphatic heterocycles. The lowest BCUT2D eigenvalue weighted by molar-refractivity contribution is -0.105. The van der Waals surface area contributed by atoms with Gasteiger partial charge in [0, 0.05) is 18.9 Å². The molecule has 1 fully saturated rings. The fourth-order valence-electron chi connectivity index (χ4n) is 5.48. The van der Waals surface area contributed by atoms with Crippen molar-refractivity contribution in [2.75, 3.05) is 13.7 Å². The van der Waals surface area contributed by atoms with Crippen LogP contribution in [0.3, 0.4) is 0 Å². The third kappa shape index (κ3) is 9.63. The van der Waals surface area contributed by atoms with E-state index in [4.69, 9.17) is 18.6 Å². The number of carbonyl (C=O) groups excluding carboxylic acids is 1. The first-order chi connectivity index (χ1) is 18.6. The Bertz CT molecular complexity index is 887. The molecule has 0 amide bonds. The molecule has 8 heteroatoms. The molecule has 0 aromatic heterocycles. The number of carbonyl (C=O) groups is 1. The monoisotopic (exact) mass is 580 g/mol. The number of ether oxygens (including phenoxy) is 3. The number of rotatable bonds is 14. The SMILES string of the molecule is CO[C@H]1C[C@H](CC[C@H](C)[C@H](O[Si](C)(C)C(C)(C)C)[C@H](C)[C@@H](OC(=O)c2ccccc2)[C@@H](C)[C@H](O)CO)O[C@@H](C)C1. The minimum Gasteiger partial charge on any atom is -0.458 e. The van der Waals surface area contributed by atoms with Crippen LogP contribution in [0.25, 0.3) is 0 Å². The lowest BCUT2D eigenvalue weighted by atomic mass is 9.80. The molecule has 0 aliphatic carbocycles. The van der Waals surface area contributed by atoms with Crippen LogP contribution in [-0.4, -0.2) is 74.8 Å². The van der Waals surface area contributed by atoms with Crippen molar-refractivity contribution in [3.05, 3.63) is 35.9 Å². The van der Waals surface area contributed by atoms with Gasteiger partial charge in [-0.3, -0.25) is 0 Å². The van der Waals surface area contributed by atoms with Crippen molar-refractivity contribution in [3.63, 3.8) is 0 Å². The second-order valence-corrected chi connectivity index (χ2v) is 18.3. The third-order valence-corrected chi connectivity index (χ3v) is 13.7. The van der Waals surface area contributed by atoms with Crippen LogP contribution in [0, 0.1) is 17.8 Å². The minimum absolute atomic E-state index is 0.00920. The summed E-state index contributed by atoms with van der Waals surface area (Å²) in [4.78, 5) is 13.2. The second kappa shape index (κ2) is 15.3. The van der Waals surface area contributed by atoms with Gasteiger partial charge < -0.3 is 28.8 Å². The van der Waals surface area contributed by atoms with Gasteiger partial charge in [-0.2, -0.15) is 0 Å². The maximum absolute atomic E-state index is 13.2. The fraction of sp³-hybridized carbons (Fsp3) is 0.781. The molecule has 0 spiro atoms. The molecule has 0 bridgehead atoms. The van der Waals surface area contributed by atoms with Gasteiger partial charge in [0.05, 0.1) is 42.7 Å². The number of aliphatic hydroxyl groups is 2. The van der Waals surface area contributed by atoms with E-state index in [0.717, 1.165) is 25.7 Å². The van der Waals surface area contributed by atoms with Crippen molar-refractivity contribution in [1.29, 1.82) is 0 Å². The summed E-state index contributed by atoms with van der Waals surface area (Å²) >= 11 is 0. The van der Waals surface area contributed by atoms with Gasteiger partial charge in [-0.05, 0) is 68.8 Å². The van der Waals surface area contributed by atoms with E-state index < -0.39 is 39.0 Å². The summed E-state index contributed by atoms with van der Waals surface area (Å²) in [7, 11) is -0.444. The molecule has 9 atom stereocenters. The molecular weight excluding hydrogens is 524 g/mol. The molecule has 0 saturated carbocycles. The molecule has 40 heavy (non-hydrogen) atoms. The Balaban J connectivity index is 2.35. The summed E-state index contributed by atoms with van der Waals surface area (Å²) in [5, 5.41) is 20.4. The first-order valence-electron chi connectivity index (χ1n) is 15.0. The topological polar surface area (TPSA) is 94.5 Å². The highest BCUT2D eigenvalue weighted by Crippen LogP contribution is 2.41. The van der Waals surface area contributed by atoms with Gasteiger partial charge >= 0.3 is 5.97 Å². The predicted molar refractivity (Wildman–Crippen MR) is 162 cm³/mol. The summed E-state index contributed by atoms with van der Waals surface area (Å²) in [6.45, 7) is 18.9. The summed E-state index contributed by atoms with van der Waals surface area (Å²) in [6, 6.07) is 8.90. The van der Waals surface area contributed by atoms with Crippen molar-refractivity contribution in [2.24, 2.45) is 17.8 Å². The van der Waals surface area contributed by atoms with Crippen LogP contribution >= 0.6 is 0 Å². The average Bonchev–Trinajstić information content (AvgIpc) is 2.91. The van der Waals surface area contributed by atoms with Crippen molar-refractivity contribution in [2.45, 2.75) is 129 Å². The molecule has 2 N–H and O–H groups in total. The lowest BCUT2D eigenvalue weighted by Crippen LogP contribution is -2.51. The maximum atomic E-state index is 13.2. The van der Waals surface area contributed by atoms with Crippen LogP contribution in [-0.2, 0) is 18.6 Å². The predicted octanol–water partition coefficient (Wildman–Crippen LogP) is 6.23. The summed E-state index contributed by atoms with van der Waals surface area (Å²) < 4.78 is 25.1.